The maximum atomic E-state index is 11.7. The number of halogens is 1. The number of thiophene rings is 1. The van der Waals surface area contributed by atoms with Gasteiger partial charge in [-0.2, -0.15) is 0 Å². The molecule has 0 amide bonds. The SMILES string of the molecule is CCC(CC)(C(=O)O)n1nnnc1-c1csc(I)c1. The largest absolute Gasteiger partial charge is 0.479 e. The lowest BCUT2D eigenvalue weighted by Gasteiger charge is -2.27. The Balaban J connectivity index is 2.57. The first kappa shape index (κ1) is 14.4. The van der Waals surface area contributed by atoms with E-state index >= 15 is 0 Å². The smallest absolute Gasteiger partial charge is 0.331 e. The lowest BCUT2D eigenvalue weighted by atomic mass is 9.93. The van der Waals surface area contributed by atoms with Crippen LogP contribution in [-0.2, 0) is 10.3 Å². The molecule has 0 aliphatic heterocycles. The average molecular weight is 392 g/mol. The highest BCUT2D eigenvalue weighted by molar-refractivity contribution is 14.1. The maximum Gasteiger partial charge on any atom is 0.331 e. The highest BCUT2D eigenvalue weighted by Crippen LogP contribution is 2.31. The quantitative estimate of drug-likeness (QED) is 0.792. The Bertz CT molecular complexity index is 591. The number of aliphatic carboxylic acids is 1. The zero-order chi connectivity index (χ0) is 14.0. The number of tetrazole rings is 1. The third-order valence-corrected chi connectivity index (χ3v) is 5.06. The van der Waals surface area contributed by atoms with E-state index < -0.39 is 11.5 Å². The van der Waals surface area contributed by atoms with Crippen molar-refractivity contribution < 1.29 is 9.90 Å². The van der Waals surface area contributed by atoms with Crippen LogP contribution < -0.4 is 0 Å². The maximum absolute atomic E-state index is 11.7. The number of carbonyl (C=O) groups is 1. The molecule has 102 valence electrons. The molecule has 0 fully saturated rings. The molecule has 19 heavy (non-hydrogen) atoms. The van der Waals surface area contributed by atoms with Gasteiger partial charge in [0, 0.05) is 10.9 Å². The topological polar surface area (TPSA) is 80.9 Å². The molecule has 2 aromatic heterocycles. The number of hydrogen-bond acceptors (Lipinski definition) is 5. The van der Waals surface area contributed by atoms with E-state index in [1.165, 1.54) is 4.68 Å². The fourth-order valence-corrected chi connectivity index (χ4v) is 3.35. The molecule has 0 aliphatic rings. The zero-order valence-corrected chi connectivity index (χ0v) is 13.5. The average Bonchev–Trinajstić information content (AvgIpc) is 3.00. The lowest BCUT2D eigenvalue weighted by Crippen LogP contribution is -2.42. The molecule has 0 atom stereocenters. The Morgan fingerprint density at radius 2 is 2.21 bits per heavy atom. The molecular weight excluding hydrogens is 379 g/mol. The fourth-order valence-electron chi connectivity index (χ4n) is 2.03. The van der Waals surface area contributed by atoms with Gasteiger partial charge in [-0.05, 0) is 51.9 Å². The Labute approximate surface area is 128 Å². The number of nitrogens with zero attached hydrogens (tertiary/aromatic N) is 4. The Hall–Kier alpha value is -1.03. The number of rotatable bonds is 5. The summed E-state index contributed by atoms with van der Waals surface area (Å²) in [6.07, 6.45) is 0.857. The Morgan fingerprint density at radius 3 is 2.68 bits per heavy atom. The van der Waals surface area contributed by atoms with Crippen molar-refractivity contribution in [1.82, 2.24) is 20.2 Å². The molecule has 0 aliphatic carbocycles. The summed E-state index contributed by atoms with van der Waals surface area (Å²) < 4.78 is 2.55. The van der Waals surface area contributed by atoms with E-state index in [4.69, 9.17) is 0 Å². The summed E-state index contributed by atoms with van der Waals surface area (Å²) in [5, 5.41) is 23.0. The predicted octanol–water partition coefficient (Wildman–Crippen LogP) is 2.61. The lowest BCUT2D eigenvalue weighted by molar-refractivity contribution is -0.148. The molecule has 2 rings (SSSR count). The van der Waals surface area contributed by atoms with Crippen LogP contribution in [0.2, 0.25) is 0 Å². The first-order valence-electron chi connectivity index (χ1n) is 5.81. The van der Waals surface area contributed by atoms with Gasteiger partial charge in [-0.1, -0.05) is 13.8 Å². The molecule has 0 saturated heterocycles. The number of carboxylic acid groups (broad SMARTS) is 1. The van der Waals surface area contributed by atoms with Crippen molar-refractivity contribution in [2.75, 3.05) is 0 Å². The van der Waals surface area contributed by atoms with Gasteiger partial charge in [0.2, 0.25) is 0 Å². The number of carboxylic acids is 1. The molecular formula is C11H13IN4O2S. The zero-order valence-electron chi connectivity index (χ0n) is 10.5. The summed E-state index contributed by atoms with van der Waals surface area (Å²) in [4.78, 5) is 11.7. The van der Waals surface area contributed by atoms with Gasteiger partial charge in [-0.25, -0.2) is 9.48 Å². The second kappa shape index (κ2) is 5.53. The highest BCUT2D eigenvalue weighted by atomic mass is 127. The summed E-state index contributed by atoms with van der Waals surface area (Å²) in [6.45, 7) is 3.67. The van der Waals surface area contributed by atoms with Crippen LogP contribution in [0.15, 0.2) is 11.4 Å². The monoisotopic (exact) mass is 392 g/mol. The summed E-state index contributed by atoms with van der Waals surface area (Å²) in [5.74, 6) is -0.402. The first-order valence-corrected chi connectivity index (χ1v) is 7.77. The van der Waals surface area contributed by atoms with Crippen molar-refractivity contribution in [3.05, 3.63) is 14.3 Å². The fraction of sp³-hybridized carbons (Fsp3) is 0.455. The molecule has 0 aromatic carbocycles. The Morgan fingerprint density at radius 1 is 1.53 bits per heavy atom. The molecule has 0 spiro atoms. The summed E-state index contributed by atoms with van der Waals surface area (Å²) in [5.41, 5.74) is -0.237. The van der Waals surface area contributed by atoms with E-state index in [0.717, 1.165) is 8.45 Å². The van der Waals surface area contributed by atoms with Crippen LogP contribution in [-0.4, -0.2) is 31.3 Å². The van der Waals surface area contributed by atoms with Crippen LogP contribution in [0.3, 0.4) is 0 Å². The van der Waals surface area contributed by atoms with Crippen molar-refractivity contribution >= 4 is 39.9 Å². The highest BCUT2D eigenvalue weighted by Gasteiger charge is 2.40. The summed E-state index contributed by atoms with van der Waals surface area (Å²) in [6, 6.07) is 1.95. The molecule has 0 radical (unpaired) electrons. The minimum absolute atomic E-state index is 0.429. The van der Waals surface area contributed by atoms with Crippen molar-refractivity contribution in [1.29, 1.82) is 0 Å². The van der Waals surface area contributed by atoms with E-state index in [0.29, 0.717) is 18.7 Å². The van der Waals surface area contributed by atoms with Gasteiger partial charge in [-0.3, -0.25) is 0 Å². The van der Waals surface area contributed by atoms with Gasteiger partial charge in [0.25, 0.3) is 0 Å². The van der Waals surface area contributed by atoms with E-state index in [9.17, 15) is 9.90 Å². The van der Waals surface area contributed by atoms with Gasteiger partial charge in [-0.15, -0.1) is 16.4 Å². The molecule has 0 saturated carbocycles. The van der Waals surface area contributed by atoms with Gasteiger partial charge in [0.05, 0.1) is 2.88 Å². The summed E-state index contributed by atoms with van der Waals surface area (Å²) >= 11 is 3.79. The van der Waals surface area contributed by atoms with Gasteiger partial charge >= 0.3 is 5.97 Å². The van der Waals surface area contributed by atoms with E-state index in [1.807, 2.05) is 25.3 Å². The van der Waals surface area contributed by atoms with E-state index in [-0.39, 0.29) is 0 Å². The third-order valence-electron chi connectivity index (χ3n) is 3.27. The van der Waals surface area contributed by atoms with E-state index in [1.54, 1.807) is 11.3 Å². The number of hydrogen-bond donors (Lipinski definition) is 1. The normalized spacial score (nSPS) is 11.7. The second-order valence-electron chi connectivity index (χ2n) is 4.10. The van der Waals surface area contributed by atoms with Gasteiger partial charge in [0.1, 0.15) is 0 Å². The van der Waals surface area contributed by atoms with Crippen LogP contribution in [0, 0.1) is 2.88 Å². The van der Waals surface area contributed by atoms with Gasteiger partial charge in [0.15, 0.2) is 11.4 Å². The molecule has 1 N–H and O–H groups in total. The second-order valence-corrected chi connectivity index (χ2v) is 6.90. The molecule has 2 heterocycles. The van der Waals surface area contributed by atoms with Crippen LogP contribution in [0.1, 0.15) is 26.7 Å². The molecule has 0 bridgehead atoms. The van der Waals surface area contributed by atoms with Crippen LogP contribution in [0.4, 0.5) is 0 Å². The predicted molar refractivity (Wildman–Crippen MR) is 80.0 cm³/mol. The van der Waals surface area contributed by atoms with E-state index in [2.05, 4.69) is 38.1 Å². The van der Waals surface area contributed by atoms with Crippen LogP contribution >= 0.6 is 33.9 Å². The van der Waals surface area contributed by atoms with Crippen LogP contribution in [0.25, 0.3) is 11.4 Å². The minimum atomic E-state index is -1.09. The van der Waals surface area contributed by atoms with Crippen molar-refractivity contribution in [3.63, 3.8) is 0 Å². The van der Waals surface area contributed by atoms with Crippen molar-refractivity contribution in [2.24, 2.45) is 0 Å². The van der Waals surface area contributed by atoms with Crippen molar-refractivity contribution in [2.45, 2.75) is 32.2 Å². The molecule has 6 nitrogen and oxygen atoms in total. The van der Waals surface area contributed by atoms with Crippen LogP contribution in [0.5, 0.6) is 0 Å². The van der Waals surface area contributed by atoms with Crippen molar-refractivity contribution in [3.8, 4) is 11.4 Å². The van der Waals surface area contributed by atoms with Gasteiger partial charge < -0.3 is 5.11 Å². The summed E-state index contributed by atoms with van der Waals surface area (Å²) in [7, 11) is 0. The third kappa shape index (κ3) is 2.38. The standard InChI is InChI=1S/C11H13IN4O2S/c1-3-11(4-2,10(17)18)16-9(13-14-15-16)7-5-8(12)19-6-7/h5-6H,3-4H2,1-2H3,(H,17,18). The molecule has 2 aromatic rings. The Kier molecular flexibility index (Phi) is 4.19. The number of aromatic nitrogens is 4. The molecule has 0 unspecified atom stereocenters. The molecule has 8 heteroatoms. The first-order chi connectivity index (χ1) is 9.05. The minimum Gasteiger partial charge on any atom is -0.479 e.